The van der Waals surface area contributed by atoms with Crippen molar-refractivity contribution in [1.82, 2.24) is 4.31 Å². The van der Waals surface area contributed by atoms with Crippen LogP contribution in [-0.4, -0.2) is 27.7 Å². The van der Waals surface area contributed by atoms with Crippen molar-refractivity contribution in [3.63, 3.8) is 0 Å². The van der Waals surface area contributed by atoms with Gasteiger partial charge in [-0.25, -0.2) is 8.42 Å². The number of rotatable bonds is 1. The van der Waals surface area contributed by atoms with Crippen molar-refractivity contribution >= 4 is 44.4 Å². The van der Waals surface area contributed by atoms with Crippen LogP contribution in [0.5, 0.6) is 0 Å². The first kappa shape index (κ1) is 9.08. The topological polar surface area (TPSA) is 37.4 Å². The van der Waals surface area contributed by atoms with Crippen molar-refractivity contribution in [3.05, 3.63) is 0 Å². The highest BCUT2D eigenvalue weighted by Crippen LogP contribution is 2.26. The predicted octanol–water partition coefficient (Wildman–Crippen LogP) is 1.06. The molecule has 0 aromatic carbocycles. The van der Waals surface area contributed by atoms with E-state index in [2.05, 4.69) is 22.6 Å². The first-order chi connectivity index (χ1) is 4.54. The summed E-state index contributed by atoms with van der Waals surface area (Å²) >= 11 is 3.55. The smallest absolute Gasteiger partial charge is 0.211 e. The molecule has 1 heterocycles. The van der Waals surface area contributed by atoms with Crippen molar-refractivity contribution in [1.29, 1.82) is 0 Å². The van der Waals surface area contributed by atoms with Gasteiger partial charge in [-0.15, -0.1) is 11.8 Å². The van der Waals surface area contributed by atoms with Gasteiger partial charge >= 0.3 is 0 Å². The van der Waals surface area contributed by atoms with E-state index in [0.717, 1.165) is 0 Å². The molecule has 1 saturated heterocycles. The highest BCUT2D eigenvalue weighted by molar-refractivity contribution is 14.1. The Morgan fingerprint density at radius 2 is 2.30 bits per heavy atom. The second-order valence-electron chi connectivity index (χ2n) is 2.02. The number of nitrogens with zero attached hydrogens (tertiary/aromatic N) is 1. The van der Waals surface area contributed by atoms with Gasteiger partial charge in [0.2, 0.25) is 10.0 Å². The largest absolute Gasteiger partial charge is 0.225 e. The van der Waals surface area contributed by atoms with E-state index in [4.69, 9.17) is 0 Å². The fourth-order valence-corrected chi connectivity index (χ4v) is 5.60. The standard InChI is InChI=1S/C4H8INO2S2/c1-4(5)6-2-9-3-10(6,7)8/h4H,2-3H2,1H3. The zero-order valence-corrected chi connectivity index (χ0v) is 9.24. The van der Waals surface area contributed by atoms with Crippen molar-refractivity contribution in [2.75, 3.05) is 11.0 Å². The summed E-state index contributed by atoms with van der Waals surface area (Å²) in [4.78, 5) is 0. The number of alkyl halides is 1. The maximum atomic E-state index is 11.1. The summed E-state index contributed by atoms with van der Waals surface area (Å²) in [6.45, 7) is 1.88. The molecule has 0 aromatic rings. The highest BCUT2D eigenvalue weighted by atomic mass is 127. The van der Waals surface area contributed by atoms with Crippen molar-refractivity contribution < 1.29 is 8.42 Å². The minimum absolute atomic E-state index is 0.0811. The summed E-state index contributed by atoms with van der Waals surface area (Å²) < 4.78 is 23.8. The molecule has 0 N–H and O–H groups in total. The summed E-state index contributed by atoms with van der Waals surface area (Å²) in [6.07, 6.45) is 0. The Kier molecular flexibility index (Phi) is 2.87. The van der Waals surface area contributed by atoms with Crippen molar-refractivity contribution in [2.24, 2.45) is 0 Å². The minimum atomic E-state index is -2.90. The third-order valence-electron chi connectivity index (χ3n) is 1.20. The Morgan fingerprint density at radius 1 is 1.70 bits per heavy atom. The summed E-state index contributed by atoms with van der Waals surface area (Å²) in [7, 11) is -2.90. The van der Waals surface area contributed by atoms with E-state index in [1.165, 1.54) is 16.1 Å². The van der Waals surface area contributed by atoms with Gasteiger partial charge in [0, 0.05) is 0 Å². The van der Waals surface area contributed by atoms with Gasteiger partial charge < -0.3 is 0 Å². The van der Waals surface area contributed by atoms with Gasteiger partial charge in [0.25, 0.3) is 0 Å². The van der Waals surface area contributed by atoms with Crippen LogP contribution in [0.2, 0.25) is 0 Å². The van der Waals surface area contributed by atoms with Crippen LogP contribution in [0.3, 0.4) is 0 Å². The second kappa shape index (κ2) is 3.16. The molecule has 60 valence electrons. The average molecular weight is 293 g/mol. The monoisotopic (exact) mass is 293 g/mol. The van der Waals surface area contributed by atoms with Crippen LogP contribution in [0.15, 0.2) is 0 Å². The molecule has 0 amide bonds. The quantitative estimate of drug-likeness (QED) is 0.412. The fourth-order valence-electron chi connectivity index (χ4n) is 0.705. The maximum absolute atomic E-state index is 11.1. The highest BCUT2D eigenvalue weighted by Gasteiger charge is 2.31. The molecule has 10 heavy (non-hydrogen) atoms. The second-order valence-corrected chi connectivity index (χ2v) is 7.07. The van der Waals surface area contributed by atoms with Gasteiger partial charge in [-0.3, -0.25) is 0 Å². The number of halogens is 1. The first-order valence-corrected chi connectivity index (χ1v) is 6.76. The summed E-state index contributed by atoms with van der Waals surface area (Å²) in [5, 5.41) is 0.250. The van der Waals surface area contributed by atoms with E-state index in [-0.39, 0.29) is 9.13 Å². The lowest BCUT2D eigenvalue weighted by Crippen LogP contribution is -2.30. The molecule has 0 aliphatic carbocycles. The molecule has 0 saturated carbocycles. The van der Waals surface area contributed by atoms with E-state index in [1.54, 1.807) is 0 Å². The lowest BCUT2D eigenvalue weighted by Gasteiger charge is -2.15. The molecule has 0 bridgehead atoms. The van der Waals surface area contributed by atoms with Crippen molar-refractivity contribution in [3.8, 4) is 0 Å². The molecular formula is C4H8INO2S2. The van der Waals surface area contributed by atoms with Gasteiger partial charge in [-0.05, 0) is 6.92 Å². The zero-order valence-electron chi connectivity index (χ0n) is 5.45. The van der Waals surface area contributed by atoms with Crippen LogP contribution >= 0.6 is 34.4 Å². The molecule has 1 aliphatic rings. The zero-order chi connectivity index (χ0) is 7.78. The van der Waals surface area contributed by atoms with Gasteiger partial charge in [-0.1, -0.05) is 22.6 Å². The number of thioether (sulfide) groups is 1. The molecule has 1 fully saturated rings. The van der Waals surface area contributed by atoms with E-state index in [1.807, 2.05) is 6.92 Å². The third-order valence-corrected chi connectivity index (χ3v) is 5.90. The van der Waals surface area contributed by atoms with Gasteiger partial charge in [0.15, 0.2) is 0 Å². The molecule has 1 rings (SSSR count). The fraction of sp³-hybridized carbons (Fsp3) is 1.00. The molecule has 6 heteroatoms. The average Bonchev–Trinajstić information content (AvgIpc) is 2.08. The molecule has 0 radical (unpaired) electrons. The van der Waals surface area contributed by atoms with Crippen LogP contribution in [-0.2, 0) is 10.0 Å². The predicted molar refractivity (Wildman–Crippen MR) is 51.6 cm³/mol. The normalized spacial score (nSPS) is 28.6. The molecule has 3 nitrogen and oxygen atoms in total. The molecule has 0 aromatic heterocycles. The van der Waals surface area contributed by atoms with Crippen LogP contribution in [0.4, 0.5) is 0 Å². The van der Waals surface area contributed by atoms with Gasteiger partial charge in [0.1, 0.15) is 5.08 Å². The Labute approximate surface area is 78.7 Å². The summed E-state index contributed by atoms with van der Waals surface area (Å²) in [6, 6.07) is 0. The van der Waals surface area contributed by atoms with Crippen molar-refractivity contribution in [2.45, 2.75) is 11.0 Å². The Hall–Kier alpha value is 0.990. The molecule has 0 spiro atoms. The number of sulfonamides is 1. The van der Waals surface area contributed by atoms with Crippen LogP contribution in [0.1, 0.15) is 6.92 Å². The molecule has 1 atom stereocenters. The molecule has 1 aliphatic heterocycles. The Bertz CT molecular complexity index is 213. The summed E-state index contributed by atoms with van der Waals surface area (Å²) in [5.74, 6) is 0.618. The number of hydrogen-bond acceptors (Lipinski definition) is 3. The van der Waals surface area contributed by atoms with E-state index >= 15 is 0 Å². The lowest BCUT2D eigenvalue weighted by atomic mass is 10.8. The van der Waals surface area contributed by atoms with Crippen LogP contribution < -0.4 is 0 Å². The summed E-state index contributed by atoms with van der Waals surface area (Å²) in [5.41, 5.74) is 0. The van der Waals surface area contributed by atoms with Gasteiger partial charge in [-0.2, -0.15) is 4.31 Å². The minimum Gasteiger partial charge on any atom is -0.211 e. The van der Waals surface area contributed by atoms with Gasteiger partial charge in [0.05, 0.1) is 9.93 Å². The first-order valence-electron chi connectivity index (χ1n) is 2.75. The maximum Gasteiger partial charge on any atom is 0.225 e. The SMILES string of the molecule is CC(I)N1CSCS1(=O)=O. The molecule has 1 unspecified atom stereocenters. The Morgan fingerprint density at radius 3 is 2.50 bits per heavy atom. The van der Waals surface area contributed by atoms with Crippen LogP contribution in [0.25, 0.3) is 0 Å². The molecular weight excluding hydrogens is 285 g/mol. The van der Waals surface area contributed by atoms with E-state index in [0.29, 0.717) is 5.88 Å². The Balaban J connectivity index is 2.79. The van der Waals surface area contributed by atoms with E-state index < -0.39 is 10.0 Å². The third kappa shape index (κ3) is 1.77. The lowest BCUT2D eigenvalue weighted by molar-refractivity contribution is 0.477. The number of hydrogen-bond donors (Lipinski definition) is 0. The van der Waals surface area contributed by atoms with Crippen LogP contribution in [0, 0.1) is 0 Å². The van der Waals surface area contributed by atoms with E-state index in [9.17, 15) is 8.42 Å².